The van der Waals surface area contributed by atoms with Gasteiger partial charge in [0.05, 0.1) is 27.6 Å². The molecule has 3 N–H and O–H groups in total. The van der Waals surface area contributed by atoms with Crippen LogP contribution in [0.3, 0.4) is 0 Å². The zero-order chi connectivity index (χ0) is 19.4. The molecule has 2 rings (SSSR count). The van der Waals surface area contributed by atoms with Gasteiger partial charge >= 0.3 is 5.97 Å². The maximum absolute atomic E-state index is 12.1. The van der Waals surface area contributed by atoms with Gasteiger partial charge in [-0.05, 0) is 12.1 Å². The maximum Gasteiger partial charge on any atom is 0.337 e. The summed E-state index contributed by atoms with van der Waals surface area (Å²) in [5.41, 5.74) is -0.593. The van der Waals surface area contributed by atoms with Crippen molar-refractivity contribution in [2.24, 2.45) is 0 Å². The molecule has 9 nitrogen and oxygen atoms in total. The average Bonchev–Trinajstić information content (AvgIpc) is 2.92. The van der Waals surface area contributed by atoms with Gasteiger partial charge in [0.15, 0.2) is 0 Å². The van der Waals surface area contributed by atoms with Crippen molar-refractivity contribution in [3.63, 3.8) is 0 Å². The van der Waals surface area contributed by atoms with E-state index in [0.29, 0.717) is 0 Å². The first-order valence-electron chi connectivity index (χ1n) is 7.27. The normalized spacial score (nSPS) is 13.7. The molecule has 0 aliphatic carbocycles. The molecular formula is C15H13Br2N3O6. The summed E-state index contributed by atoms with van der Waals surface area (Å²) in [6.07, 6.45) is -0.0996. The number of hydrogen-bond donors (Lipinski definition) is 3. The van der Waals surface area contributed by atoms with Gasteiger partial charge in [-0.3, -0.25) is 19.2 Å². The van der Waals surface area contributed by atoms with E-state index in [-0.39, 0.29) is 40.6 Å². The number of carboxylic acids is 1. The summed E-state index contributed by atoms with van der Waals surface area (Å²) in [6, 6.07) is 2.42. The second-order valence-corrected chi connectivity index (χ2v) is 6.33. The van der Waals surface area contributed by atoms with Gasteiger partial charge in [-0.25, -0.2) is 9.69 Å². The van der Waals surface area contributed by atoms with Crippen LogP contribution >= 0.6 is 31.9 Å². The fourth-order valence-electron chi connectivity index (χ4n) is 2.41. The molecule has 26 heavy (non-hydrogen) atoms. The zero-order valence-electron chi connectivity index (χ0n) is 13.2. The van der Waals surface area contributed by atoms with E-state index in [4.69, 9.17) is 0 Å². The molecule has 0 spiro atoms. The number of carbonyl (C=O) groups is 5. The van der Waals surface area contributed by atoms with E-state index in [1.54, 1.807) is 0 Å². The fraction of sp³-hybridized carbons (Fsp3) is 0.267. The molecule has 0 aromatic heterocycles. The summed E-state index contributed by atoms with van der Waals surface area (Å²) in [6.45, 7) is 0. The first kappa shape index (κ1) is 20.0. The highest BCUT2D eigenvalue weighted by Crippen LogP contribution is 2.37. The molecule has 1 aliphatic heterocycles. The molecule has 0 saturated carbocycles. The number of alkyl halides is 2. The highest BCUT2D eigenvalue weighted by atomic mass is 79.9. The smallest absolute Gasteiger partial charge is 0.337 e. The molecule has 0 bridgehead atoms. The maximum atomic E-state index is 12.1. The number of nitrogens with one attached hydrogen (secondary N) is 2. The topological polar surface area (TPSA) is 133 Å². The van der Waals surface area contributed by atoms with E-state index < -0.39 is 35.2 Å². The minimum atomic E-state index is -1.42. The molecule has 4 amide bonds. The lowest BCUT2D eigenvalue weighted by molar-refractivity contribution is -0.121. The Morgan fingerprint density at radius 2 is 1.54 bits per heavy atom. The number of amides is 4. The summed E-state index contributed by atoms with van der Waals surface area (Å²) in [4.78, 5) is 60.0. The van der Waals surface area contributed by atoms with Crippen molar-refractivity contribution >= 4 is 78.5 Å². The third-order valence-electron chi connectivity index (χ3n) is 3.42. The van der Waals surface area contributed by atoms with E-state index in [0.717, 1.165) is 11.0 Å². The Balaban J connectivity index is 2.66. The Bertz CT molecular complexity index is 795. The predicted octanol–water partition coefficient (Wildman–Crippen LogP) is 1.71. The fourth-order valence-corrected chi connectivity index (χ4v) is 2.69. The third kappa shape index (κ3) is 4.28. The first-order chi connectivity index (χ1) is 12.3. The monoisotopic (exact) mass is 489 g/mol. The van der Waals surface area contributed by atoms with Gasteiger partial charge in [0.1, 0.15) is 0 Å². The molecule has 0 unspecified atom stereocenters. The number of carboxylic acid groups (broad SMARTS) is 1. The van der Waals surface area contributed by atoms with Crippen molar-refractivity contribution in [3.05, 3.63) is 17.7 Å². The van der Waals surface area contributed by atoms with Crippen molar-refractivity contribution in [1.82, 2.24) is 0 Å². The minimum absolute atomic E-state index is 0.0245. The zero-order valence-corrected chi connectivity index (χ0v) is 16.3. The molecule has 1 aromatic rings. The van der Waals surface area contributed by atoms with Crippen LogP contribution in [0.25, 0.3) is 0 Å². The summed E-state index contributed by atoms with van der Waals surface area (Å²) in [5, 5.41) is 14.3. The van der Waals surface area contributed by atoms with E-state index in [1.807, 2.05) is 0 Å². The Morgan fingerprint density at radius 3 is 2.04 bits per heavy atom. The van der Waals surface area contributed by atoms with E-state index in [9.17, 15) is 29.1 Å². The molecule has 1 fully saturated rings. The number of nitrogens with zero attached hydrogens (tertiary/aromatic N) is 1. The second-order valence-electron chi connectivity index (χ2n) is 5.21. The lowest BCUT2D eigenvalue weighted by Crippen LogP contribution is -2.32. The van der Waals surface area contributed by atoms with Crippen LogP contribution < -0.4 is 15.5 Å². The van der Waals surface area contributed by atoms with E-state index >= 15 is 0 Å². The molecule has 0 atom stereocenters. The molecule has 1 aromatic carbocycles. The van der Waals surface area contributed by atoms with Crippen LogP contribution in [0.1, 0.15) is 23.2 Å². The molecule has 1 aliphatic rings. The van der Waals surface area contributed by atoms with Crippen LogP contribution in [-0.2, 0) is 19.2 Å². The van der Waals surface area contributed by atoms with Crippen LogP contribution in [0, 0.1) is 0 Å². The molecule has 0 radical (unpaired) electrons. The lowest BCUT2D eigenvalue weighted by atomic mass is 10.1. The lowest BCUT2D eigenvalue weighted by Gasteiger charge is -2.22. The van der Waals surface area contributed by atoms with E-state index in [2.05, 4.69) is 42.5 Å². The Kier molecular flexibility index (Phi) is 6.48. The number of imide groups is 1. The number of hydrogen-bond acceptors (Lipinski definition) is 5. The molecule has 11 heteroatoms. The summed E-state index contributed by atoms with van der Waals surface area (Å²) in [7, 11) is 0. The third-order valence-corrected chi connectivity index (χ3v) is 4.43. The molecule has 1 saturated heterocycles. The van der Waals surface area contributed by atoms with Crippen LogP contribution in [0.15, 0.2) is 12.1 Å². The molecule has 1 heterocycles. The Hall–Kier alpha value is -2.27. The van der Waals surface area contributed by atoms with Crippen molar-refractivity contribution in [2.45, 2.75) is 12.8 Å². The van der Waals surface area contributed by atoms with Crippen LogP contribution in [-0.4, -0.2) is 45.4 Å². The van der Waals surface area contributed by atoms with Gasteiger partial charge in [-0.1, -0.05) is 31.9 Å². The highest BCUT2D eigenvalue weighted by molar-refractivity contribution is 9.09. The van der Waals surface area contributed by atoms with Crippen LogP contribution in [0.4, 0.5) is 17.1 Å². The highest BCUT2D eigenvalue weighted by Gasteiger charge is 2.35. The molecule has 138 valence electrons. The SMILES string of the molecule is O=C(CBr)Nc1cc(NC(=O)CBr)c(N2C(=O)CCC2=O)c(C(=O)O)c1. The van der Waals surface area contributed by atoms with Gasteiger partial charge in [-0.2, -0.15) is 0 Å². The standard InChI is InChI=1S/C15H13Br2N3O6/c16-5-10(21)18-7-3-8(15(25)26)14(9(4-7)19-11(22)6-17)20-12(23)1-2-13(20)24/h3-4H,1-2,5-6H2,(H,18,21)(H,19,22)(H,25,26). The van der Waals surface area contributed by atoms with Crippen molar-refractivity contribution in [2.75, 3.05) is 26.2 Å². The van der Waals surface area contributed by atoms with Crippen molar-refractivity contribution < 1.29 is 29.1 Å². The largest absolute Gasteiger partial charge is 0.478 e. The van der Waals surface area contributed by atoms with Gasteiger partial charge < -0.3 is 15.7 Å². The van der Waals surface area contributed by atoms with Gasteiger partial charge in [0.25, 0.3) is 0 Å². The number of halogens is 2. The van der Waals surface area contributed by atoms with E-state index in [1.165, 1.54) is 6.07 Å². The van der Waals surface area contributed by atoms with Gasteiger partial charge in [0, 0.05) is 18.5 Å². The quantitative estimate of drug-likeness (QED) is 0.410. The summed E-state index contributed by atoms with van der Waals surface area (Å²) < 4.78 is 0. The number of aromatic carboxylic acids is 1. The average molecular weight is 491 g/mol. The number of carbonyl (C=O) groups excluding carboxylic acids is 4. The number of benzene rings is 1. The Labute approximate surface area is 164 Å². The van der Waals surface area contributed by atoms with Crippen molar-refractivity contribution in [3.8, 4) is 0 Å². The first-order valence-corrected chi connectivity index (χ1v) is 9.51. The van der Waals surface area contributed by atoms with Crippen LogP contribution in [0.2, 0.25) is 0 Å². The summed E-state index contributed by atoms with van der Waals surface area (Å²) >= 11 is 5.94. The van der Waals surface area contributed by atoms with Crippen LogP contribution in [0.5, 0.6) is 0 Å². The Morgan fingerprint density at radius 1 is 1.00 bits per heavy atom. The van der Waals surface area contributed by atoms with Gasteiger partial charge in [0.2, 0.25) is 23.6 Å². The second kappa shape index (κ2) is 8.41. The minimum Gasteiger partial charge on any atom is -0.478 e. The number of rotatable bonds is 6. The summed E-state index contributed by atoms with van der Waals surface area (Å²) in [5.74, 6) is -3.52. The van der Waals surface area contributed by atoms with Gasteiger partial charge in [-0.15, -0.1) is 0 Å². The molecular weight excluding hydrogens is 478 g/mol. The van der Waals surface area contributed by atoms with Crippen molar-refractivity contribution in [1.29, 1.82) is 0 Å². The predicted molar refractivity (Wildman–Crippen MR) is 100.0 cm³/mol. The number of anilines is 3.